The highest BCUT2D eigenvalue weighted by atomic mass is 32.1. The Bertz CT molecular complexity index is 832. The molecule has 134 valence electrons. The number of nitrogens with zero attached hydrogens (tertiary/aromatic N) is 1. The summed E-state index contributed by atoms with van der Waals surface area (Å²) in [6.07, 6.45) is 0. The van der Waals surface area contributed by atoms with Crippen LogP contribution in [0.2, 0.25) is 0 Å². The fourth-order valence-electron chi connectivity index (χ4n) is 2.77. The van der Waals surface area contributed by atoms with Crippen LogP contribution in [0, 0.1) is 0 Å². The second kappa shape index (κ2) is 8.12. The van der Waals surface area contributed by atoms with Crippen LogP contribution in [-0.2, 0) is 9.53 Å². The number of hydrogen-bond donors (Lipinski definition) is 1. The van der Waals surface area contributed by atoms with Gasteiger partial charge >= 0.3 is 0 Å². The van der Waals surface area contributed by atoms with Crippen LogP contribution in [0.3, 0.4) is 0 Å². The molecular weight excluding hydrogens is 348 g/mol. The number of benzene rings is 2. The zero-order valence-electron chi connectivity index (χ0n) is 14.7. The van der Waals surface area contributed by atoms with Gasteiger partial charge in [0, 0.05) is 12.8 Å². The number of methoxy groups -OCH3 is 2. The van der Waals surface area contributed by atoms with E-state index in [0.29, 0.717) is 29.4 Å². The maximum absolute atomic E-state index is 13.0. The Morgan fingerprint density at radius 3 is 2.35 bits per heavy atom. The summed E-state index contributed by atoms with van der Waals surface area (Å²) >= 11 is 5.58. The van der Waals surface area contributed by atoms with E-state index in [0.717, 1.165) is 17.0 Å². The molecule has 0 aliphatic carbocycles. The molecule has 0 saturated heterocycles. The molecule has 0 aromatic heterocycles. The lowest BCUT2D eigenvalue weighted by molar-refractivity contribution is -0.121. The van der Waals surface area contributed by atoms with Gasteiger partial charge in [-0.2, -0.15) is 0 Å². The van der Waals surface area contributed by atoms with Gasteiger partial charge in [0.2, 0.25) is 0 Å². The number of hydrogen-bond acceptors (Lipinski definition) is 5. The predicted octanol–water partition coefficient (Wildman–Crippen LogP) is 3.33. The van der Waals surface area contributed by atoms with E-state index in [1.54, 1.807) is 19.1 Å². The van der Waals surface area contributed by atoms with E-state index in [2.05, 4.69) is 5.32 Å². The Balaban J connectivity index is 1.98. The van der Waals surface area contributed by atoms with Crippen LogP contribution in [0.4, 0.5) is 5.69 Å². The predicted molar refractivity (Wildman–Crippen MR) is 106 cm³/mol. The second-order valence-corrected chi connectivity index (χ2v) is 6.11. The second-order valence-electron chi connectivity index (χ2n) is 5.72. The number of anilines is 1. The molecule has 0 atom stereocenters. The molecule has 3 rings (SSSR count). The van der Waals surface area contributed by atoms with Crippen molar-refractivity contribution in [3.63, 3.8) is 0 Å². The van der Waals surface area contributed by atoms with Gasteiger partial charge in [0.05, 0.1) is 31.5 Å². The molecule has 1 aliphatic rings. The van der Waals surface area contributed by atoms with Crippen molar-refractivity contribution in [1.82, 2.24) is 4.90 Å². The molecule has 2 aromatic carbocycles. The molecule has 1 heterocycles. The van der Waals surface area contributed by atoms with Crippen molar-refractivity contribution in [1.29, 1.82) is 0 Å². The Kier molecular flexibility index (Phi) is 5.65. The first kappa shape index (κ1) is 18.1. The van der Waals surface area contributed by atoms with Crippen molar-refractivity contribution in [3.8, 4) is 5.75 Å². The molecule has 6 heteroatoms. The fourth-order valence-corrected chi connectivity index (χ4v) is 3.10. The van der Waals surface area contributed by atoms with Crippen LogP contribution in [0.25, 0.3) is 5.57 Å². The van der Waals surface area contributed by atoms with Crippen molar-refractivity contribution < 1.29 is 14.3 Å². The fraction of sp³-hybridized carbons (Fsp3) is 0.200. The third kappa shape index (κ3) is 3.61. The van der Waals surface area contributed by atoms with E-state index >= 15 is 0 Å². The quantitative estimate of drug-likeness (QED) is 0.760. The first-order valence-corrected chi connectivity index (χ1v) is 8.62. The monoisotopic (exact) mass is 368 g/mol. The number of ether oxygens (including phenoxy) is 2. The summed E-state index contributed by atoms with van der Waals surface area (Å²) in [7, 11) is 3.22. The number of amides is 1. The van der Waals surface area contributed by atoms with Crippen LogP contribution in [0.5, 0.6) is 5.75 Å². The highest BCUT2D eigenvalue weighted by molar-refractivity contribution is 7.80. The van der Waals surface area contributed by atoms with Gasteiger partial charge in [-0.3, -0.25) is 9.69 Å². The zero-order chi connectivity index (χ0) is 18.5. The van der Waals surface area contributed by atoms with Crippen molar-refractivity contribution in [2.24, 2.45) is 0 Å². The van der Waals surface area contributed by atoms with E-state index < -0.39 is 0 Å². The third-order valence-corrected chi connectivity index (χ3v) is 4.53. The lowest BCUT2D eigenvalue weighted by Crippen LogP contribution is -2.34. The van der Waals surface area contributed by atoms with Gasteiger partial charge in [0.25, 0.3) is 5.91 Å². The standard InChI is InChI=1S/C20H20N2O3S/c1-24-13-12-22-19(23)17(14-6-4-3-5-7-14)18(20(22)26)21-15-8-10-16(25-2)11-9-15/h3-11,21H,12-13H2,1-2H3. The summed E-state index contributed by atoms with van der Waals surface area (Å²) in [6.45, 7) is 0.835. The molecule has 1 amide bonds. The van der Waals surface area contributed by atoms with Crippen molar-refractivity contribution in [3.05, 3.63) is 65.9 Å². The average Bonchev–Trinajstić information content (AvgIpc) is 2.91. The molecule has 0 bridgehead atoms. The van der Waals surface area contributed by atoms with E-state index in [4.69, 9.17) is 21.7 Å². The van der Waals surface area contributed by atoms with Gasteiger partial charge in [-0.25, -0.2) is 0 Å². The van der Waals surface area contributed by atoms with Crippen LogP contribution < -0.4 is 10.1 Å². The maximum atomic E-state index is 13.0. The lowest BCUT2D eigenvalue weighted by atomic mass is 10.0. The Morgan fingerprint density at radius 1 is 1.04 bits per heavy atom. The number of thiocarbonyl (C=S) groups is 1. The largest absolute Gasteiger partial charge is 0.497 e. The molecule has 0 fully saturated rings. The summed E-state index contributed by atoms with van der Waals surface area (Å²) < 4.78 is 10.3. The molecule has 5 nitrogen and oxygen atoms in total. The van der Waals surface area contributed by atoms with Crippen molar-refractivity contribution >= 4 is 34.4 Å². The molecule has 0 radical (unpaired) electrons. The first-order valence-electron chi connectivity index (χ1n) is 8.21. The Hall–Kier alpha value is -2.70. The Morgan fingerprint density at radius 2 is 1.73 bits per heavy atom. The minimum atomic E-state index is -0.116. The summed E-state index contributed by atoms with van der Waals surface area (Å²) in [5, 5.41) is 3.31. The van der Waals surface area contributed by atoms with E-state index in [1.807, 2.05) is 54.6 Å². The minimum absolute atomic E-state index is 0.116. The van der Waals surface area contributed by atoms with Gasteiger partial charge in [0.15, 0.2) is 0 Å². The highest BCUT2D eigenvalue weighted by Crippen LogP contribution is 2.31. The summed E-state index contributed by atoms with van der Waals surface area (Å²) in [4.78, 5) is 15.0. The maximum Gasteiger partial charge on any atom is 0.261 e. The zero-order valence-corrected chi connectivity index (χ0v) is 15.5. The van der Waals surface area contributed by atoms with Crippen LogP contribution in [0.1, 0.15) is 5.56 Å². The molecule has 0 spiro atoms. The van der Waals surface area contributed by atoms with E-state index in [9.17, 15) is 4.79 Å². The van der Waals surface area contributed by atoms with E-state index in [-0.39, 0.29) is 5.91 Å². The summed E-state index contributed by atoms with van der Waals surface area (Å²) in [5.41, 5.74) is 2.87. The molecular formula is C20H20N2O3S. The summed E-state index contributed by atoms with van der Waals surface area (Å²) in [5.74, 6) is 0.647. The molecule has 26 heavy (non-hydrogen) atoms. The molecule has 0 unspecified atom stereocenters. The van der Waals surface area contributed by atoms with E-state index in [1.165, 1.54) is 0 Å². The minimum Gasteiger partial charge on any atom is -0.497 e. The Labute approximate surface area is 158 Å². The van der Waals surface area contributed by atoms with Crippen LogP contribution >= 0.6 is 12.2 Å². The van der Waals surface area contributed by atoms with Gasteiger partial charge in [-0.05, 0) is 29.8 Å². The number of carbonyl (C=O) groups excluding carboxylic acids is 1. The normalized spacial score (nSPS) is 14.2. The lowest BCUT2D eigenvalue weighted by Gasteiger charge is -2.17. The van der Waals surface area contributed by atoms with Crippen molar-refractivity contribution in [2.45, 2.75) is 0 Å². The van der Waals surface area contributed by atoms with Gasteiger partial charge in [-0.15, -0.1) is 0 Å². The topological polar surface area (TPSA) is 50.8 Å². The molecule has 1 N–H and O–H groups in total. The smallest absolute Gasteiger partial charge is 0.261 e. The van der Waals surface area contributed by atoms with Gasteiger partial charge < -0.3 is 14.8 Å². The third-order valence-electron chi connectivity index (χ3n) is 4.11. The molecule has 1 aliphatic heterocycles. The van der Waals surface area contributed by atoms with Crippen molar-refractivity contribution in [2.75, 3.05) is 32.7 Å². The van der Waals surface area contributed by atoms with Gasteiger partial charge in [0.1, 0.15) is 10.7 Å². The molecule has 2 aromatic rings. The SMILES string of the molecule is COCCN1C(=O)C(c2ccccc2)=C(Nc2ccc(OC)cc2)C1=S. The summed E-state index contributed by atoms with van der Waals surface area (Å²) in [6, 6.07) is 17.0. The number of nitrogens with one attached hydrogen (secondary N) is 1. The molecule has 0 saturated carbocycles. The highest BCUT2D eigenvalue weighted by Gasteiger charge is 2.35. The van der Waals surface area contributed by atoms with Crippen LogP contribution in [0.15, 0.2) is 60.3 Å². The average molecular weight is 368 g/mol. The number of rotatable bonds is 7. The van der Waals surface area contributed by atoms with Gasteiger partial charge in [-0.1, -0.05) is 42.5 Å². The van der Waals surface area contributed by atoms with Crippen LogP contribution in [-0.4, -0.2) is 43.2 Å². The number of carbonyl (C=O) groups is 1. The first-order chi connectivity index (χ1) is 12.7.